The topological polar surface area (TPSA) is 66.5 Å². The minimum Gasteiger partial charge on any atom is -0.325 e. The van der Waals surface area contributed by atoms with Crippen molar-refractivity contribution in [3.8, 4) is 0 Å². The van der Waals surface area contributed by atoms with Gasteiger partial charge in [-0.2, -0.15) is 17.5 Å². The third-order valence-corrected chi connectivity index (χ3v) is 6.87. The molecule has 0 radical (unpaired) electrons. The lowest BCUT2D eigenvalue weighted by Crippen LogP contribution is -2.37. The van der Waals surface area contributed by atoms with E-state index in [2.05, 4.69) is 5.32 Å². The van der Waals surface area contributed by atoms with Crippen molar-refractivity contribution >= 4 is 33.2 Å². The number of sulfonamides is 1. The molecule has 0 saturated heterocycles. The summed E-state index contributed by atoms with van der Waals surface area (Å²) in [6.07, 6.45) is -4.70. The molecular weight excluding hydrogens is 477 g/mol. The van der Waals surface area contributed by atoms with E-state index in [1.807, 2.05) is 19.1 Å². The molecule has 1 N–H and O–H groups in total. The zero-order valence-electron chi connectivity index (χ0n) is 17.4. The van der Waals surface area contributed by atoms with Gasteiger partial charge in [-0.3, -0.25) is 4.79 Å². The summed E-state index contributed by atoms with van der Waals surface area (Å²) in [7, 11) is -4.06. The number of hydrogen-bond donors (Lipinski definition) is 1. The fourth-order valence-corrected chi connectivity index (χ4v) is 4.68. The first kappa shape index (κ1) is 24.8. The smallest absolute Gasteiger partial charge is 0.325 e. The van der Waals surface area contributed by atoms with Crippen LogP contribution in [0.5, 0.6) is 0 Å². The Balaban J connectivity index is 1.87. The fourth-order valence-electron chi connectivity index (χ4n) is 3.05. The number of nitrogens with one attached hydrogen (secondary N) is 1. The van der Waals surface area contributed by atoms with Gasteiger partial charge in [-0.15, -0.1) is 0 Å². The average Bonchev–Trinajstić information content (AvgIpc) is 2.76. The number of hydrogen-bond acceptors (Lipinski definition) is 3. The Morgan fingerprint density at radius 3 is 2.24 bits per heavy atom. The largest absolute Gasteiger partial charge is 0.417 e. The zero-order valence-corrected chi connectivity index (χ0v) is 19.0. The molecule has 0 saturated carbocycles. The molecule has 1 amide bonds. The molecule has 3 aromatic rings. The SMILES string of the molecule is Cc1ccc(CN(CC(=O)Nc2ccc(Cl)c(C(F)(F)F)c2)S(=O)(=O)c2ccccc2)cc1. The van der Waals surface area contributed by atoms with Crippen LogP contribution in [-0.4, -0.2) is 25.2 Å². The van der Waals surface area contributed by atoms with Crippen molar-refractivity contribution < 1.29 is 26.4 Å². The Kier molecular flexibility index (Phi) is 7.46. The third-order valence-electron chi connectivity index (χ3n) is 4.74. The highest BCUT2D eigenvalue weighted by atomic mass is 35.5. The van der Waals surface area contributed by atoms with E-state index in [0.29, 0.717) is 11.6 Å². The molecule has 10 heteroatoms. The molecule has 0 aliphatic carbocycles. The first-order chi connectivity index (χ1) is 15.5. The van der Waals surface area contributed by atoms with Gasteiger partial charge in [-0.05, 0) is 42.8 Å². The van der Waals surface area contributed by atoms with Crippen molar-refractivity contribution in [1.29, 1.82) is 0 Å². The van der Waals surface area contributed by atoms with Crippen LogP contribution in [0.25, 0.3) is 0 Å². The van der Waals surface area contributed by atoms with Crippen molar-refractivity contribution in [3.05, 3.63) is 94.5 Å². The van der Waals surface area contributed by atoms with Crippen LogP contribution < -0.4 is 5.32 Å². The number of nitrogens with zero attached hydrogens (tertiary/aromatic N) is 1. The predicted molar refractivity (Wildman–Crippen MR) is 120 cm³/mol. The van der Waals surface area contributed by atoms with E-state index in [-0.39, 0.29) is 17.1 Å². The van der Waals surface area contributed by atoms with E-state index >= 15 is 0 Å². The van der Waals surface area contributed by atoms with Crippen molar-refractivity contribution in [2.24, 2.45) is 0 Å². The van der Waals surface area contributed by atoms with Gasteiger partial charge in [-0.1, -0.05) is 59.6 Å². The monoisotopic (exact) mass is 496 g/mol. The zero-order chi connectivity index (χ0) is 24.2. The van der Waals surface area contributed by atoms with Crippen molar-refractivity contribution in [2.45, 2.75) is 24.5 Å². The van der Waals surface area contributed by atoms with E-state index < -0.39 is 39.2 Å². The molecule has 0 atom stereocenters. The molecule has 0 heterocycles. The number of carbonyl (C=O) groups is 1. The summed E-state index contributed by atoms with van der Waals surface area (Å²) >= 11 is 5.61. The Labute approximate surface area is 194 Å². The minimum absolute atomic E-state index is 0.00392. The highest BCUT2D eigenvalue weighted by Crippen LogP contribution is 2.36. The van der Waals surface area contributed by atoms with Gasteiger partial charge in [0.05, 0.1) is 22.0 Å². The van der Waals surface area contributed by atoms with Crippen LogP contribution in [0.3, 0.4) is 0 Å². The van der Waals surface area contributed by atoms with Crippen LogP contribution in [0.15, 0.2) is 77.7 Å². The molecule has 33 heavy (non-hydrogen) atoms. The summed E-state index contributed by atoms with van der Waals surface area (Å²) in [5.41, 5.74) is 0.385. The van der Waals surface area contributed by atoms with Crippen molar-refractivity contribution in [3.63, 3.8) is 0 Å². The van der Waals surface area contributed by atoms with Gasteiger partial charge in [0, 0.05) is 12.2 Å². The summed E-state index contributed by atoms with van der Waals surface area (Å²) < 4.78 is 66.7. The van der Waals surface area contributed by atoms with Gasteiger partial charge in [0.25, 0.3) is 0 Å². The lowest BCUT2D eigenvalue weighted by molar-refractivity contribution is -0.137. The second-order valence-electron chi connectivity index (χ2n) is 7.31. The van der Waals surface area contributed by atoms with Crippen LogP contribution in [0.4, 0.5) is 18.9 Å². The summed E-state index contributed by atoms with van der Waals surface area (Å²) in [6, 6.07) is 17.7. The van der Waals surface area contributed by atoms with Crippen molar-refractivity contribution in [2.75, 3.05) is 11.9 Å². The number of aryl methyl sites for hydroxylation is 1. The molecule has 0 aromatic heterocycles. The molecule has 0 aliphatic rings. The molecule has 0 aliphatic heterocycles. The molecule has 174 valence electrons. The Morgan fingerprint density at radius 1 is 1.00 bits per heavy atom. The molecule has 3 aromatic carbocycles. The maximum Gasteiger partial charge on any atom is 0.417 e. The maximum absolute atomic E-state index is 13.2. The quantitative estimate of drug-likeness (QED) is 0.470. The summed E-state index contributed by atoms with van der Waals surface area (Å²) in [6.45, 7) is 1.19. The predicted octanol–water partition coefficient (Wildman–Crippen LogP) is 5.50. The van der Waals surface area contributed by atoms with Gasteiger partial charge >= 0.3 is 6.18 Å². The van der Waals surface area contributed by atoms with Gasteiger partial charge in [0.15, 0.2) is 0 Å². The Bertz CT molecular complexity index is 1230. The lowest BCUT2D eigenvalue weighted by atomic mass is 10.1. The van der Waals surface area contributed by atoms with Crippen molar-refractivity contribution in [1.82, 2.24) is 4.31 Å². The van der Waals surface area contributed by atoms with Crippen LogP contribution in [0.1, 0.15) is 16.7 Å². The highest BCUT2D eigenvalue weighted by molar-refractivity contribution is 7.89. The Morgan fingerprint density at radius 2 is 1.64 bits per heavy atom. The van der Waals surface area contributed by atoms with Crippen LogP contribution in [0, 0.1) is 6.92 Å². The second-order valence-corrected chi connectivity index (χ2v) is 9.66. The number of anilines is 1. The molecule has 0 fully saturated rings. The maximum atomic E-state index is 13.2. The molecule has 0 spiro atoms. The van der Waals surface area contributed by atoms with E-state index in [1.54, 1.807) is 30.3 Å². The average molecular weight is 497 g/mol. The van der Waals surface area contributed by atoms with Gasteiger partial charge in [-0.25, -0.2) is 8.42 Å². The summed E-state index contributed by atoms with van der Waals surface area (Å²) in [5, 5.41) is 1.82. The van der Waals surface area contributed by atoms with Crippen LogP contribution >= 0.6 is 11.6 Å². The summed E-state index contributed by atoms with van der Waals surface area (Å²) in [4.78, 5) is 12.7. The standard InChI is InChI=1S/C23H20ClF3N2O3S/c1-16-7-9-17(10-8-16)14-29(33(31,32)19-5-3-2-4-6-19)15-22(30)28-18-11-12-21(24)20(13-18)23(25,26)27/h2-13H,14-15H2,1H3,(H,28,30). The molecule has 3 rings (SSSR count). The highest BCUT2D eigenvalue weighted by Gasteiger charge is 2.33. The van der Waals surface area contributed by atoms with Crippen LogP contribution in [0.2, 0.25) is 5.02 Å². The minimum atomic E-state index is -4.70. The normalized spacial score (nSPS) is 12.1. The van der Waals surface area contributed by atoms with E-state index in [0.717, 1.165) is 15.9 Å². The molecular formula is C23H20ClF3N2O3S. The Hall–Kier alpha value is -2.88. The third kappa shape index (κ3) is 6.34. The fraction of sp³-hybridized carbons (Fsp3) is 0.174. The number of halogens is 4. The van der Waals surface area contributed by atoms with Crippen LogP contribution in [-0.2, 0) is 27.5 Å². The number of alkyl halides is 3. The second kappa shape index (κ2) is 9.94. The summed E-state index contributed by atoms with van der Waals surface area (Å²) in [5.74, 6) is -0.794. The first-order valence-corrected chi connectivity index (χ1v) is 11.6. The number of rotatable bonds is 7. The van der Waals surface area contributed by atoms with Gasteiger partial charge in [0.2, 0.25) is 15.9 Å². The van der Waals surface area contributed by atoms with Gasteiger partial charge in [0.1, 0.15) is 0 Å². The number of carbonyl (C=O) groups excluding carboxylic acids is 1. The lowest BCUT2D eigenvalue weighted by Gasteiger charge is -2.22. The molecule has 0 unspecified atom stereocenters. The number of benzene rings is 3. The molecule has 5 nitrogen and oxygen atoms in total. The molecule has 0 bridgehead atoms. The van der Waals surface area contributed by atoms with E-state index in [9.17, 15) is 26.4 Å². The van der Waals surface area contributed by atoms with Gasteiger partial charge < -0.3 is 5.32 Å². The van der Waals surface area contributed by atoms with E-state index in [4.69, 9.17) is 11.6 Å². The number of amides is 1. The first-order valence-electron chi connectivity index (χ1n) is 9.74. The van der Waals surface area contributed by atoms with E-state index in [1.165, 1.54) is 18.2 Å².